The number of rotatable bonds is 2. The van der Waals surface area contributed by atoms with Crippen LogP contribution in [-0.4, -0.2) is 57.4 Å². The predicted octanol–water partition coefficient (Wildman–Crippen LogP) is 4.89. The van der Waals surface area contributed by atoms with Gasteiger partial charge in [-0.1, -0.05) is 35.9 Å². The molecule has 4 aromatic rings. The van der Waals surface area contributed by atoms with Crippen molar-refractivity contribution in [2.45, 2.75) is 0 Å². The lowest BCUT2D eigenvalue weighted by atomic mass is 10.00. The maximum atomic E-state index is 15.7. The molecule has 0 atom stereocenters. The van der Waals surface area contributed by atoms with Gasteiger partial charge in [-0.25, -0.2) is 18.6 Å². The van der Waals surface area contributed by atoms with Crippen LogP contribution in [0.25, 0.3) is 32.9 Å². The summed E-state index contributed by atoms with van der Waals surface area (Å²) in [7, 11) is 0. The van der Waals surface area contributed by atoms with Crippen LogP contribution < -0.4 is 4.90 Å². The number of carboxylic acid groups (broad SMARTS) is 1. The van der Waals surface area contributed by atoms with E-state index in [9.17, 15) is 14.3 Å². The second-order valence-electron chi connectivity index (χ2n) is 7.70. The number of benzene rings is 2. The molecule has 3 heterocycles. The van der Waals surface area contributed by atoms with Crippen molar-refractivity contribution in [3.8, 4) is 17.0 Å². The highest BCUT2D eigenvalue weighted by molar-refractivity contribution is 6.36. The third-order valence-electron chi connectivity index (χ3n) is 5.86. The number of piperazine rings is 1. The molecule has 1 saturated heterocycles. The first-order valence-electron chi connectivity index (χ1n) is 10.1. The molecule has 2 aromatic carbocycles. The van der Waals surface area contributed by atoms with Gasteiger partial charge in [-0.2, -0.15) is 0 Å². The fourth-order valence-corrected chi connectivity index (χ4v) is 4.52. The first-order valence-corrected chi connectivity index (χ1v) is 10.5. The Morgan fingerprint density at radius 1 is 1.03 bits per heavy atom. The van der Waals surface area contributed by atoms with E-state index in [1.165, 1.54) is 17.2 Å². The quantitative estimate of drug-likeness (QED) is 0.433. The molecule has 7 nitrogen and oxygen atoms in total. The molecule has 10 heteroatoms. The molecule has 1 amide bonds. The number of aromatic nitrogens is 2. The Labute approximate surface area is 191 Å². The fourth-order valence-electron chi connectivity index (χ4n) is 4.25. The van der Waals surface area contributed by atoms with E-state index in [0.717, 1.165) is 6.20 Å². The molecule has 2 aromatic heterocycles. The second kappa shape index (κ2) is 8.00. The van der Waals surface area contributed by atoms with Crippen molar-refractivity contribution >= 4 is 45.1 Å². The zero-order valence-electron chi connectivity index (χ0n) is 17.1. The molecule has 0 aliphatic carbocycles. The van der Waals surface area contributed by atoms with Crippen molar-refractivity contribution in [3.05, 3.63) is 59.4 Å². The first kappa shape index (κ1) is 21.1. The number of aromatic hydroxyl groups is 1. The van der Waals surface area contributed by atoms with Gasteiger partial charge in [0.05, 0.1) is 16.9 Å². The van der Waals surface area contributed by atoms with Gasteiger partial charge in [-0.05, 0) is 11.5 Å². The molecular formula is C23H17ClF2N4O3. The summed E-state index contributed by atoms with van der Waals surface area (Å²) < 4.78 is 29.9. The summed E-state index contributed by atoms with van der Waals surface area (Å²) in [6.07, 6.45) is 1.55. The summed E-state index contributed by atoms with van der Waals surface area (Å²) in [5.41, 5.74) is 0.603. The summed E-state index contributed by atoms with van der Waals surface area (Å²) >= 11 is 6.21. The van der Waals surface area contributed by atoms with Gasteiger partial charge in [0.15, 0.2) is 11.6 Å². The lowest BCUT2D eigenvalue weighted by molar-refractivity contribution is 0.142. The van der Waals surface area contributed by atoms with E-state index in [-0.39, 0.29) is 40.5 Å². The van der Waals surface area contributed by atoms with Crippen LogP contribution in [0.3, 0.4) is 0 Å². The van der Waals surface area contributed by atoms with Crippen LogP contribution >= 0.6 is 11.6 Å². The zero-order valence-corrected chi connectivity index (χ0v) is 17.9. The molecule has 0 radical (unpaired) electrons. The van der Waals surface area contributed by atoms with Crippen molar-refractivity contribution in [1.29, 1.82) is 0 Å². The molecule has 1 fully saturated rings. The normalized spacial score (nSPS) is 14.3. The first-order chi connectivity index (χ1) is 15.9. The van der Waals surface area contributed by atoms with Crippen LogP contribution in [0, 0.1) is 11.6 Å². The van der Waals surface area contributed by atoms with E-state index in [1.807, 2.05) is 0 Å². The molecule has 1 aliphatic heterocycles. The van der Waals surface area contributed by atoms with E-state index in [0.29, 0.717) is 35.1 Å². The van der Waals surface area contributed by atoms with E-state index in [4.69, 9.17) is 16.7 Å². The minimum atomic E-state index is -1.01. The van der Waals surface area contributed by atoms with Crippen LogP contribution in [0.15, 0.2) is 42.7 Å². The van der Waals surface area contributed by atoms with Crippen LogP contribution in [-0.2, 0) is 0 Å². The molecule has 0 saturated carbocycles. The summed E-state index contributed by atoms with van der Waals surface area (Å²) in [6, 6.07) is 7.87. The third kappa shape index (κ3) is 3.45. The highest BCUT2D eigenvalue weighted by atomic mass is 35.5. The number of halogens is 3. The summed E-state index contributed by atoms with van der Waals surface area (Å²) in [4.78, 5) is 22.6. The average Bonchev–Trinajstić information content (AvgIpc) is 2.81. The zero-order chi connectivity index (χ0) is 23.3. The Morgan fingerprint density at radius 3 is 2.52 bits per heavy atom. The van der Waals surface area contributed by atoms with Crippen molar-refractivity contribution in [2.75, 3.05) is 31.1 Å². The number of hydrogen-bond donors (Lipinski definition) is 2. The topological polar surface area (TPSA) is 89.8 Å². The monoisotopic (exact) mass is 470 g/mol. The van der Waals surface area contributed by atoms with Gasteiger partial charge in [-0.15, -0.1) is 0 Å². The molecule has 0 bridgehead atoms. The van der Waals surface area contributed by atoms with Crippen LogP contribution in [0.5, 0.6) is 5.75 Å². The lowest BCUT2D eigenvalue weighted by Crippen LogP contribution is -2.48. The van der Waals surface area contributed by atoms with E-state index in [2.05, 4.69) is 9.97 Å². The van der Waals surface area contributed by atoms with Gasteiger partial charge in [0, 0.05) is 48.7 Å². The van der Waals surface area contributed by atoms with Crippen molar-refractivity contribution < 1.29 is 23.8 Å². The maximum Gasteiger partial charge on any atom is 0.407 e. The largest absolute Gasteiger partial charge is 0.504 e. The summed E-state index contributed by atoms with van der Waals surface area (Å²) in [5, 5.41) is 20.8. The van der Waals surface area contributed by atoms with Crippen molar-refractivity contribution in [1.82, 2.24) is 14.9 Å². The summed E-state index contributed by atoms with van der Waals surface area (Å²) in [5.74, 6) is -1.51. The second-order valence-corrected chi connectivity index (χ2v) is 8.07. The van der Waals surface area contributed by atoms with Crippen molar-refractivity contribution in [2.24, 2.45) is 0 Å². The molecule has 33 heavy (non-hydrogen) atoms. The Hall–Kier alpha value is -3.72. The number of pyridine rings is 2. The maximum absolute atomic E-state index is 15.7. The smallest absolute Gasteiger partial charge is 0.407 e. The number of nitrogens with zero attached hydrogens (tertiary/aromatic N) is 4. The number of anilines is 1. The number of hydrogen-bond acceptors (Lipinski definition) is 5. The number of fused-ring (bicyclic) bond motifs is 2. The molecule has 2 N–H and O–H groups in total. The SMILES string of the molecule is O=C(O)N1CCN(c2c(O)cnc3c(F)c(-c4cccc5ccc(F)c(Cl)c45)ncc23)CC1. The molecule has 0 unspecified atom stereocenters. The molecule has 0 spiro atoms. The Kier molecular flexibility index (Phi) is 5.13. The lowest BCUT2D eigenvalue weighted by Gasteiger charge is -2.35. The number of carbonyl (C=O) groups is 1. The molecule has 168 valence electrons. The molecule has 5 rings (SSSR count). The van der Waals surface area contributed by atoms with Gasteiger partial charge >= 0.3 is 6.09 Å². The van der Waals surface area contributed by atoms with Crippen LogP contribution in [0.4, 0.5) is 19.3 Å². The van der Waals surface area contributed by atoms with Crippen molar-refractivity contribution in [3.63, 3.8) is 0 Å². The van der Waals surface area contributed by atoms with Crippen LogP contribution in [0.1, 0.15) is 0 Å². The third-order valence-corrected chi connectivity index (χ3v) is 6.23. The van der Waals surface area contributed by atoms with Crippen LogP contribution in [0.2, 0.25) is 5.02 Å². The Balaban J connectivity index is 1.65. The Morgan fingerprint density at radius 2 is 1.79 bits per heavy atom. The van der Waals surface area contributed by atoms with Gasteiger partial charge < -0.3 is 20.0 Å². The average molecular weight is 471 g/mol. The van der Waals surface area contributed by atoms with Gasteiger partial charge in [0.2, 0.25) is 0 Å². The molecular weight excluding hydrogens is 454 g/mol. The minimum absolute atomic E-state index is 0.0157. The highest BCUT2D eigenvalue weighted by Crippen LogP contribution is 2.40. The van der Waals surface area contributed by atoms with Gasteiger partial charge in [0.1, 0.15) is 17.0 Å². The van der Waals surface area contributed by atoms with Gasteiger partial charge in [0.25, 0.3) is 0 Å². The summed E-state index contributed by atoms with van der Waals surface area (Å²) in [6.45, 7) is 1.13. The van der Waals surface area contributed by atoms with E-state index < -0.39 is 17.7 Å². The van der Waals surface area contributed by atoms with E-state index >= 15 is 4.39 Å². The van der Waals surface area contributed by atoms with Gasteiger partial charge in [-0.3, -0.25) is 4.98 Å². The minimum Gasteiger partial charge on any atom is -0.504 e. The van der Waals surface area contributed by atoms with E-state index in [1.54, 1.807) is 29.2 Å². The Bertz CT molecular complexity index is 1420. The fraction of sp³-hybridized carbons (Fsp3) is 0.174. The number of amides is 1. The highest BCUT2D eigenvalue weighted by Gasteiger charge is 2.26. The standard InChI is InChI=1S/C23H17ClF2N4O3/c24-18-15(25)5-4-12-2-1-3-13(17(12)18)20-19(26)21-14(10-27-20)22(16(31)11-28-21)29-6-8-30(9-7-29)23(32)33/h1-5,10-11,31H,6-9H2,(H,32,33). The predicted molar refractivity (Wildman–Crippen MR) is 121 cm³/mol. The molecule has 1 aliphatic rings.